The number of halogens is 1. The van der Waals surface area contributed by atoms with E-state index >= 15 is 0 Å². The molecule has 0 aromatic heterocycles. The van der Waals surface area contributed by atoms with Crippen LogP contribution in [0.4, 0.5) is 0 Å². The molecular formula is C20H18BrNO3. The zero-order valence-corrected chi connectivity index (χ0v) is 15.8. The predicted molar refractivity (Wildman–Crippen MR) is 102 cm³/mol. The monoisotopic (exact) mass is 399 g/mol. The first kappa shape index (κ1) is 17.4. The lowest BCUT2D eigenvalue weighted by atomic mass is 10.0. The highest BCUT2D eigenvalue weighted by atomic mass is 79.9. The molecule has 25 heavy (non-hydrogen) atoms. The van der Waals surface area contributed by atoms with Crippen molar-refractivity contribution in [1.82, 2.24) is 0 Å². The van der Waals surface area contributed by atoms with E-state index in [1.54, 1.807) is 13.2 Å². The van der Waals surface area contributed by atoms with E-state index in [0.29, 0.717) is 17.6 Å². The van der Waals surface area contributed by atoms with Crippen LogP contribution in [0.2, 0.25) is 0 Å². The highest BCUT2D eigenvalue weighted by molar-refractivity contribution is 9.10. The summed E-state index contributed by atoms with van der Waals surface area (Å²) in [5.74, 6) is 0.959. The second kappa shape index (κ2) is 7.23. The molecule has 0 amide bonds. The Balaban J connectivity index is 1.93. The fraction of sp³-hybridized carbons (Fsp3) is 0.200. The van der Waals surface area contributed by atoms with E-state index in [1.807, 2.05) is 42.5 Å². The molecule has 1 aliphatic rings. The second-order valence-electron chi connectivity index (χ2n) is 6.00. The largest absolute Gasteiger partial charge is 0.496 e. The molecular weight excluding hydrogens is 382 g/mol. The molecule has 4 nitrogen and oxygen atoms in total. The summed E-state index contributed by atoms with van der Waals surface area (Å²) < 4.78 is 11.5. The van der Waals surface area contributed by atoms with Crippen LogP contribution >= 0.6 is 15.9 Å². The predicted octanol–water partition coefficient (Wildman–Crippen LogP) is 4.93. The number of carbonyl (C=O) groups excluding carboxylic acids is 1. The first-order chi connectivity index (χ1) is 12.0. The fourth-order valence-electron chi connectivity index (χ4n) is 2.51. The quantitative estimate of drug-likeness (QED) is 0.541. The molecule has 0 radical (unpaired) electrons. The number of benzene rings is 2. The summed E-state index contributed by atoms with van der Waals surface area (Å²) in [5, 5.41) is 0. The molecule has 0 saturated carbocycles. The van der Waals surface area contributed by atoms with Crippen molar-refractivity contribution in [3.63, 3.8) is 0 Å². The molecule has 1 heterocycles. The van der Waals surface area contributed by atoms with Crippen LogP contribution in [0.3, 0.4) is 0 Å². The average molecular weight is 400 g/mol. The van der Waals surface area contributed by atoms with Gasteiger partial charge in [0.15, 0.2) is 5.70 Å². The minimum absolute atomic E-state index is 0.249. The van der Waals surface area contributed by atoms with E-state index in [0.717, 1.165) is 15.6 Å². The highest BCUT2D eigenvalue weighted by Gasteiger charge is 2.24. The van der Waals surface area contributed by atoms with Crippen molar-refractivity contribution < 1.29 is 14.3 Å². The first-order valence-electron chi connectivity index (χ1n) is 7.94. The topological polar surface area (TPSA) is 47.9 Å². The van der Waals surface area contributed by atoms with Crippen LogP contribution in [0.25, 0.3) is 6.08 Å². The third kappa shape index (κ3) is 3.82. The maximum absolute atomic E-state index is 12.2. The number of cyclic esters (lactones) is 1. The van der Waals surface area contributed by atoms with Gasteiger partial charge in [-0.15, -0.1) is 0 Å². The fourth-order valence-corrected chi connectivity index (χ4v) is 2.89. The Morgan fingerprint density at radius 1 is 1.16 bits per heavy atom. The number of ether oxygens (including phenoxy) is 2. The molecule has 0 aliphatic carbocycles. The van der Waals surface area contributed by atoms with Crippen molar-refractivity contribution >= 4 is 33.9 Å². The Morgan fingerprint density at radius 3 is 2.52 bits per heavy atom. The van der Waals surface area contributed by atoms with Crippen LogP contribution in [0.5, 0.6) is 5.75 Å². The lowest BCUT2D eigenvalue weighted by molar-refractivity contribution is -0.129. The van der Waals surface area contributed by atoms with Gasteiger partial charge in [-0.1, -0.05) is 41.9 Å². The molecule has 0 atom stereocenters. The number of methoxy groups -OCH3 is 1. The van der Waals surface area contributed by atoms with Gasteiger partial charge in [0, 0.05) is 15.6 Å². The summed E-state index contributed by atoms with van der Waals surface area (Å²) in [7, 11) is 1.59. The van der Waals surface area contributed by atoms with E-state index in [-0.39, 0.29) is 5.70 Å². The SMILES string of the molecule is COc1ccc(Br)cc1/C=C1\N=C(c2ccc(C(C)C)cc2)OC1=O. The molecule has 1 aliphatic heterocycles. The molecule has 2 aromatic rings. The number of nitrogens with zero attached hydrogens (tertiary/aromatic N) is 1. The van der Waals surface area contributed by atoms with Crippen LogP contribution in [0.1, 0.15) is 36.5 Å². The second-order valence-corrected chi connectivity index (χ2v) is 6.91. The number of esters is 1. The van der Waals surface area contributed by atoms with Crippen molar-refractivity contribution in [3.8, 4) is 5.75 Å². The summed E-state index contributed by atoms with van der Waals surface area (Å²) in [5.41, 5.74) is 3.01. The van der Waals surface area contributed by atoms with E-state index in [4.69, 9.17) is 9.47 Å². The molecule has 0 fully saturated rings. The average Bonchev–Trinajstić information content (AvgIpc) is 2.96. The minimum atomic E-state index is -0.468. The van der Waals surface area contributed by atoms with E-state index in [1.165, 1.54) is 5.56 Å². The van der Waals surface area contributed by atoms with Crippen molar-refractivity contribution in [2.45, 2.75) is 19.8 Å². The van der Waals surface area contributed by atoms with Gasteiger partial charge in [-0.2, -0.15) is 0 Å². The van der Waals surface area contributed by atoms with E-state index in [2.05, 4.69) is 34.8 Å². The molecule has 0 saturated heterocycles. The van der Waals surface area contributed by atoms with Crippen molar-refractivity contribution in [2.24, 2.45) is 4.99 Å². The first-order valence-corrected chi connectivity index (χ1v) is 8.73. The zero-order chi connectivity index (χ0) is 18.0. The van der Waals surface area contributed by atoms with Gasteiger partial charge in [-0.05, 0) is 47.9 Å². The van der Waals surface area contributed by atoms with Crippen LogP contribution < -0.4 is 4.74 Å². The van der Waals surface area contributed by atoms with Gasteiger partial charge < -0.3 is 9.47 Å². The highest BCUT2D eigenvalue weighted by Crippen LogP contribution is 2.27. The Hall–Kier alpha value is -2.40. The Kier molecular flexibility index (Phi) is 5.04. The molecule has 5 heteroatoms. The smallest absolute Gasteiger partial charge is 0.363 e. The molecule has 128 valence electrons. The standard InChI is InChI=1S/C20H18BrNO3/c1-12(2)13-4-6-14(7-5-13)19-22-17(20(23)25-19)11-15-10-16(21)8-9-18(15)24-3/h4-12H,1-3H3/b17-11-. The van der Waals surface area contributed by atoms with Crippen LogP contribution in [0.15, 0.2) is 57.6 Å². The van der Waals surface area contributed by atoms with E-state index < -0.39 is 5.97 Å². The van der Waals surface area contributed by atoms with Crippen LogP contribution in [-0.2, 0) is 9.53 Å². The molecule has 0 spiro atoms. The third-order valence-electron chi connectivity index (χ3n) is 3.93. The summed E-state index contributed by atoms with van der Waals surface area (Å²) in [6.45, 7) is 4.27. The zero-order valence-electron chi connectivity index (χ0n) is 14.2. The maximum atomic E-state index is 12.2. The number of rotatable bonds is 4. The van der Waals surface area contributed by atoms with Gasteiger partial charge in [0.25, 0.3) is 0 Å². The number of carbonyl (C=O) groups is 1. The van der Waals surface area contributed by atoms with Gasteiger partial charge in [0.1, 0.15) is 5.75 Å². The minimum Gasteiger partial charge on any atom is -0.496 e. The number of aliphatic imine (C=N–C) groups is 1. The van der Waals surface area contributed by atoms with Crippen molar-refractivity contribution in [2.75, 3.05) is 7.11 Å². The summed E-state index contributed by atoms with van der Waals surface area (Å²) in [6, 6.07) is 13.5. The molecule has 3 rings (SSSR count). The maximum Gasteiger partial charge on any atom is 0.363 e. The normalized spacial score (nSPS) is 15.5. The van der Waals surface area contributed by atoms with Gasteiger partial charge in [-0.3, -0.25) is 0 Å². The molecule has 0 N–H and O–H groups in total. The molecule has 2 aromatic carbocycles. The summed E-state index contributed by atoms with van der Waals surface area (Å²) in [6.07, 6.45) is 1.67. The van der Waals surface area contributed by atoms with Gasteiger partial charge in [-0.25, -0.2) is 9.79 Å². The number of hydrogen-bond donors (Lipinski definition) is 0. The third-order valence-corrected chi connectivity index (χ3v) is 4.42. The molecule has 0 unspecified atom stereocenters. The van der Waals surface area contributed by atoms with Gasteiger partial charge >= 0.3 is 5.97 Å². The van der Waals surface area contributed by atoms with Crippen LogP contribution in [-0.4, -0.2) is 19.0 Å². The summed E-state index contributed by atoms with van der Waals surface area (Å²) >= 11 is 3.42. The van der Waals surface area contributed by atoms with Crippen molar-refractivity contribution in [1.29, 1.82) is 0 Å². The lowest BCUT2D eigenvalue weighted by Crippen LogP contribution is -2.05. The van der Waals surface area contributed by atoms with Crippen LogP contribution in [0, 0.1) is 0 Å². The summed E-state index contributed by atoms with van der Waals surface area (Å²) in [4.78, 5) is 16.5. The van der Waals surface area contributed by atoms with Gasteiger partial charge in [0.2, 0.25) is 5.90 Å². The Labute approximate surface area is 155 Å². The van der Waals surface area contributed by atoms with Crippen molar-refractivity contribution in [3.05, 3.63) is 69.3 Å². The van der Waals surface area contributed by atoms with E-state index in [9.17, 15) is 4.79 Å². The van der Waals surface area contributed by atoms with Gasteiger partial charge in [0.05, 0.1) is 7.11 Å². The molecule has 0 bridgehead atoms. The number of hydrogen-bond acceptors (Lipinski definition) is 4. The lowest BCUT2D eigenvalue weighted by Gasteiger charge is -2.05. The Morgan fingerprint density at radius 2 is 1.88 bits per heavy atom. The Bertz CT molecular complexity index is 867.